The summed E-state index contributed by atoms with van der Waals surface area (Å²) in [6, 6.07) is 37.1. The Bertz CT molecular complexity index is 2180. The molecule has 1 atom stereocenters. The molecule has 52 heavy (non-hydrogen) atoms. The average molecular weight is 734 g/mol. The van der Waals surface area contributed by atoms with Crippen LogP contribution in [0.25, 0.3) is 16.8 Å². The molecule has 5 aromatic carbocycles. The van der Waals surface area contributed by atoms with E-state index in [1.807, 2.05) is 54.6 Å². The molecule has 1 N–H and O–H groups in total. The first-order valence-corrected chi connectivity index (χ1v) is 17.9. The van der Waals surface area contributed by atoms with Crippen LogP contribution in [0.1, 0.15) is 15.9 Å². The second kappa shape index (κ2) is 15.7. The first-order valence-electron chi connectivity index (χ1n) is 16.4. The molecule has 0 bridgehead atoms. The summed E-state index contributed by atoms with van der Waals surface area (Å²) in [5, 5.41) is 19.4. The molecule has 12 nitrogen and oxygen atoms in total. The Morgan fingerprint density at radius 1 is 0.865 bits per heavy atom. The minimum atomic E-state index is -1.92. The van der Waals surface area contributed by atoms with E-state index in [0.29, 0.717) is 27.1 Å². The number of carbonyl (C=O) groups is 1. The number of ether oxygens (including phenoxy) is 1. The second-order valence-electron chi connectivity index (χ2n) is 12.0. The second-order valence-corrected chi connectivity index (χ2v) is 13.6. The van der Waals surface area contributed by atoms with Crippen molar-refractivity contribution >= 4 is 40.4 Å². The number of amides is 1. The van der Waals surface area contributed by atoms with Gasteiger partial charge >= 0.3 is 5.82 Å². The summed E-state index contributed by atoms with van der Waals surface area (Å²) < 4.78 is 22.0. The molecule has 1 aromatic heterocycles. The lowest BCUT2D eigenvalue weighted by molar-refractivity contribution is -0.389. The average Bonchev–Trinajstić information content (AvgIpc) is 3.67. The van der Waals surface area contributed by atoms with E-state index in [1.54, 1.807) is 30.3 Å². The Kier molecular flexibility index (Phi) is 10.5. The number of anilines is 1. The van der Waals surface area contributed by atoms with E-state index in [2.05, 4.69) is 49.0 Å². The number of nitro groups is 1. The van der Waals surface area contributed by atoms with Gasteiger partial charge in [-0.05, 0) is 82.3 Å². The van der Waals surface area contributed by atoms with Gasteiger partial charge in [0.25, 0.3) is 5.91 Å². The van der Waals surface area contributed by atoms with Gasteiger partial charge in [0.2, 0.25) is 0 Å². The monoisotopic (exact) mass is 733 g/mol. The van der Waals surface area contributed by atoms with E-state index in [1.165, 1.54) is 23.3 Å². The SMILES string of the molecule is O=C(N[S+]([O-])c1ccc(-n2ncc([N+](=O)[O-])n2)cc1)c1ccc(N2CCN(Cc3ccccc3-c3ccc(Cl)cc3)CC2)cc1Oc1ccccc1. The number of rotatable bonds is 11. The van der Waals surface area contributed by atoms with Crippen molar-refractivity contribution in [2.24, 2.45) is 0 Å². The molecule has 1 unspecified atom stereocenters. The van der Waals surface area contributed by atoms with E-state index < -0.39 is 28.0 Å². The number of benzene rings is 5. The zero-order chi connectivity index (χ0) is 36.0. The van der Waals surface area contributed by atoms with Crippen LogP contribution in [0.5, 0.6) is 11.5 Å². The van der Waals surface area contributed by atoms with Gasteiger partial charge in [-0.2, -0.15) is 4.72 Å². The highest BCUT2D eigenvalue weighted by Crippen LogP contribution is 2.32. The van der Waals surface area contributed by atoms with Gasteiger partial charge in [0.1, 0.15) is 28.5 Å². The number of hydrogen-bond acceptors (Lipinski definition) is 9. The van der Waals surface area contributed by atoms with Crippen molar-refractivity contribution in [1.82, 2.24) is 24.6 Å². The summed E-state index contributed by atoms with van der Waals surface area (Å²) in [6.45, 7) is 4.06. The highest BCUT2D eigenvalue weighted by Gasteiger charge is 2.24. The summed E-state index contributed by atoms with van der Waals surface area (Å²) in [4.78, 5) is 30.0. The number of nitrogens with zero attached hydrogens (tertiary/aromatic N) is 6. The molecule has 262 valence electrons. The smallest absolute Gasteiger partial charge is 0.410 e. The normalized spacial score (nSPS) is 13.8. The van der Waals surface area contributed by atoms with Gasteiger partial charge in [-0.25, -0.2) is 0 Å². The molecule has 1 saturated heterocycles. The summed E-state index contributed by atoms with van der Waals surface area (Å²) in [7, 11) is 0. The van der Waals surface area contributed by atoms with Crippen LogP contribution in [-0.4, -0.2) is 61.5 Å². The topological polar surface area (TPSA) is 142 Å². The first-order chi connectivity index (χ1) is 25.3. The van der Waals surface area contributed by atoms with E-state index in [9.17, 15) is 19.5 Å². The zero-order valence-corrected chi connectivity index (χ0v) is 29.2. The number of aromatic nitrogens is 3. The zero-order valence-electron chi connectivity index (χ0n) is 27.7. The molecule has 14 heteroatoms. The fraction of sp³-hybridized carbons (Fsp3) is 0.132. The molecule has 0 saturated carbocycles. The molecule has 1 amide bonds. The highest BCUT2D eigenvalue weighted by atomic mass is 35.5. The third-order valence-electron chi connectivity index (χ3n) is 8.62. The summed E-state index contributed by atoms with van der Waals surface area (Å²) in [6.07, 6.45) is 1.04. The van der Waals surface area contributed by atoms with E-state index in [0.717, 1.165) is 55.0 Å². The molecule has 2 heterocycles. The van der Waals surface area contributed by atoms with E-state index in [-0.39, 0.29) is 5.56 Å². The molecule has 1 aliphatic rings. The van der Waals surface area contributed by atoms with Crippen LogP contribution in [0.2, 0.25) is 5.02 Å². The van der Waals surface area contributed by atoms with Gasteiger partial charge in [0, 0.05) is 49.5 Å². The van der Waals surface area contributed by atoms with Crippen molar-refractivity contribution in [2.45, 2.75) is 11.4 Å². The molecule has 6 aromatic rings. The molecular formula is C38H32ClN7O5S. The number of para-hydroxylation sites is 1. The predicted molar refractivity (Wildman–Crippen MR) is 199 cm³/mol. The van der Waals surface area contributed by atoms with Gasteiger partial charge < -0.3 is 24.3 Å². The molecule has 0 radical (unpaired) electrons. The standard InChI is InChI=1S/C38H32ClN7O5S/c39-29-12-10-27(11-13-29)34-9-5-4-6-28(34)26-43-20-22-44(23-21-43)31-16-19-35(36(24-31)51-32-7-2-1-3-8-32)38(47)42-52(50)33-17-14-30(15-18-33)45-40-25-37(41-45)46(48)49/h1-19,24-25H,20-23,26H2,(H,42,47). The summed E-state index contributed by atoms with van der Waals surface area (Å²) in [5.74, 6) is -0.0798. The van der Waals surface area contributed by atoms with Crippen LogP contribution in [0.3, 0.4) is 0 Å². The Hall–Kier alpha value is -5.73. The van der Waals surface area contributed by atoms with Crippen LogP contribution in [0.15, 0.2) is 132 Å². The van der Waals surface area contributed by atoms with Crippen LogP contribution in [0.4, 0.5) is 11.5 Å². The quantitative estimate of drug-likeness (QED) is 0.0841. The van der Waals surface area contributed by atoms with Gasteiger partial charge in [0.05, 0.1) is 10.7 Å². The maximum atomic E-state index is 13.5. The molecular weight excluding hydrogens is 702 g/mol. The number of piperazine rings is 1. The number of hydrogen-bond donors (Lipinski definition) is 1. The van der Waals surface area contributed by atoms with Crippen molar-refractivity contribution in [2.75, 3.05) is 31.1 Å². The third-order valence-corrected chi connectivity index (χ3v) is 9.94. The fourth-order valence-corrected chi connectivity index (χ4v) is 6.84. The lowest BCUT2D eigenvalue weighted by atomic mass is 9.99. The van der Waals surface area contributed by atoms with E-state index in [4.69, 9.17) is 16.3 Å². The lowest BCUT2D eigenvalue weighted by Crippen LogP contribution is -2.46. The minimum absolute atomic E-state index is 0.225. The number of halogens is 1. The molecule has 0 spiro atoms. The van der Waals surface area contributed by atoms with Crippen LogP contribution in [-0.2, 0) is 17.9 Å². The largest absolute Gasteiger partial charge is 0.588 e. The first kappa shape index (κ1) is 34.7. The van der Waals surface area contributed by atoms with Gasteiger partial charge in [-0.1, -0.05) is 71.0 Å². The Morgan fingerprint density at radius 2 is 1.56 bits per heavy atom. The fourth-order valence-electron chi connectivity index (χ4n) is 5.93. The van der Waals surface area contributed by atoms with E-state index >= 15 is 0 Å². The number of carbonyl (C=O) groups excluding carboxylic acids is 1. The molecule has 1 fully saturated rings. The van der Waals surface area contributed by atoms with Crippen molar-refractivity contribution in [3.8, 4) is 28.3 Å². The molecule has 7 rings (SSSR count). The van der Waals surface area contributed by atoms with Gasteiger partial charge in [0.15, 0.2) is 11.1 Å². The minimum Gasteiger partial charge on any atom is -0.588 e. The lowest BCUT2D eigenvalue weighted by Gasteiger charge is -2.36. The van der Waals surface area contributed by atoms with Crippen molar-refractivity contribution < 1.29 is 19.0 Å². The summed E-state index contributed by atoms with van der Waals surface area (Å²) in [5.41, 5.74) is 5.14. The van der Waals surface area contributed by atoms with Crippen LogP contribution >= 0.6 is 11.6 Å². The number of nitrogens with one attached hydrogen (secondary N) is 1. The van der Waals surface area contributed by atoms with Gasteiger partial charge in [-0.15, -0.1) is 5.10 Å². The predicted octanol–water partition coefficient (Wildman–Crippen LogP) is 7.06. The Balaban J connectivity index is 1.04. The molecule has 0 aliphatic carbocycles. The summed E-state index contributed by atoms with van der Waals surface area (Å²) >= 11 is 4.22. The molecule has 1 aliphatic heterocycles. The van der Waals surface area contributed by atoms with Crippen molar-refractivity contribution in [1.29, 1.82) is 0 Å². The van der Waals surface area contributed by atoms with Crippen molar-refractivity contribution in [3.05, 3.63) is 154 Å². The Labute approximate surface area is 307 Å². The van der Waals surface area contributed by atoms with Gasteiger partial charge in [-0.3, -0.25) is 9.69 Å². The van der Waals surface area contributed by atoms with Crippen molar-refractivity contribution in [3.63, 3.8) is 0 Å². The highest BCUT2D eigenvalue weighted by molar-refractivity contribution is 7.90. The van der Waals surface area contributed by atoms with Crippen LogP contribution in [0, 0.1) is 10.1 Å². The van der Waals surface area contributed by atoms with Crippen LogP contribution < -0.4 is 14.4 Å². The maximum absolute atomic E-state index is 13.5. The third kappa shape index (κ3) is 8.08. The maximum Gasteiger partial charge on any atom is 0.410 e. The Morgan fingerprint density at radius 3 is 2.27 bits per heavy atom.